The molecule has 2 aromatic heterocycles. The zero-order valence-electron chi connectivity index (χ0n) is 14.9. The number of hydrogen-bond acceptors (Lipinski definition) is 4. The Kier molecular flexibility index (Phi) is 5.52. The van der Waals surface area contributed by atoms with Crippen LogP contribution >= 0.6 is 23.6 Å². The summed E-state index contributed by atoms with van der Waals surface area (Å²) >= 11 is 7.13. The van der Waals surface area contributed by atoms with Crippen molar-refractivity contribution < 1.29 is 4.79 Å². The number of thiophene rings is 1. The van der Waals surface area contributed by atoms with Crippen molar-refractivity contribution in [3.05, 3.63) is 69.4 Å². The highest BCUT2D eigenvalue weighted by Gasteiger charge is 2.25. The number of aromatic nitrogens is 2. The Morgan fingerprint density at radius 3 is 2.67 bits per heavy atom. The predicted molar refractivity (Wildman–Crippen MR) is 111 cm³/mol. The Hall–Kier alpha value is -2.22. The zero-order chi connectivity index (χ0) is 18.6. The van der Waals surface area contributed by atoms with E-state index in [4.69, 9.17) is 12.2 Å². The van der Waals surface area contributed by atoms with Gasteiger partial charge in [-0.25, -0.2) is 0 Å². The number of amides is 1. The average molecular weight is 399 g/mol. The summed E-state index contributed by atoms with van der Waals surface area (Å²) in [6.07, 6.45) is 4.13. The van der Waals surface area contributed by atoms with E-state index in [1.807, 2.05) is 30.3 Å². The molecule has 0 saturated carbocycles. The van der Waals surface area contributed by atoms with Crippen LogP contribution in [0.3, 0.4) is 0 Å². The van der Waals surface area contributed by atoms with Crippen LogP contribution in [0.25, 0.3) is 5.69 Å². The third-order valence-corrected chi connectivity index (χ3v) is 6.21. The second-order valence-electron chi connectivity index (χ2n) is 6.63. The van der Waals surface area contributed by atoms with Crippen LogP contribution < -0.4 is 5.32 Å². The molecule has 1 amide bonds. The van der Waals surface area contributed by atoms with Crippen LogP contribution in [0, 0.1) is 4.77 Å². The first-order valence-corrected chi connectivity index (χ1v) is 10.4. The van der Waals surface area contributed by atoms with Crippen molar-refractivity contribution in [3.8, 4) is 5.69 Å². The number of H-pyrrole nitrogens is 1. The number of likely N-dealkylation sites (tertiary alicyclic amines) is 1. The van der Waals surface area contributed by atoms with Crippen molar-refractivity contribution in [1.82, 2.24) is 19.8 Å². The van der Waals surface area contributed by atoms with Crippen LogP contribution in [-0.4, -0.2) is 40.0 Å². The highest BCUT2D eigenvalue weighted by atomic mass is 32.1. The summed E-state index contributed by atoms with van der Waals surface area (Å²) in [6.45, 7) is 2.76. The summed E-state index contributed by atoms with van der Waals surface area (Å²) in [6, 6.07) is 14.2. The summed E-state index contributed by atoms with van der Waals surface area (Å²) in [5, 5.41) is 5.22. The number of imidazole rings is 1. The van der Waals surface area contributed by atoms with Gasteiger partial charge in [-0.1, -0.05) is 24.3 Å². The van der Waals surface area contributed by atoms with Gasteiger partial charge in [-0.05, 0) is 61.7 Å². The van der Waals surface area contributed by atoms with E-state index in [9.17, 15) is 4.79 Å². The number of benzene rings is 1. The highest BCUT2D eigenvalue weighted by Crippen LogP contribution is 2.28. The van der Waals surface area contributed by atoms with Gasteiger partial charge in [0, 0.05) is 23.3 Å². The van der Waals surface area contributed by atoms with Gasteiger partial charge in [0.2, 0.25) is 0 Å². The molecule has 1 aromatic carbocycles. The SMILES string of the molecule is O=C(NCC(c1cccs1)N1CCCC1)c1c[nH]c(=S)n1-c1ccccc1. The maximum atomic E-state index is 12.9. The fourth-order valence-corrected chi connectivity index (χ4v) is 4.72. The second-order valence-corrected chi connectivity index (χ2v) is 8.00. The normalized spacial score (nSPS) is 15.7. The molecular formula is C20H22N4OS2. The van der Waals surface area contributed by atoms with Crippen LogP contribution in [0.15, 0.2) is 54.0 Å². The largest absolute Gasteiger partial charge is 0.349 e. The number of aromatic amines is 1. The Labute approximate surface area is 167 Å². The lowest BCUT2D eigenvalue weighted by molar-refractivity contribution is 0.0931. The first kappa shape index (κ1) is 18.2. The molecule has 5 nitrogen and oxygen atoms in total. The van der Waals surface area contributed by atoms with Crippen LogP contribution in [-0.2, 0) is 0 Å². The molecule has 1 fully saturated rings. The fraction of sp³-hybridized carbons (Fsp3) is 0.300. The summed E-state index contributed by atoms with van der Waals surface area (Å²) in [5.41, 5.74) is 1.40. The zero-order valence-corrected chi connectivity index (χ0v) is 16.6. The van der Waals surface area contributed by atoms with Crippen LogP contribution in [0.2, 0.25) is 0 Å². The van der Waals surface area contributed by atoms with E-state index in [1.165, 1.54) is 17.7 Å². The van der Waals surface area contributed by atoms with Gasteiger partial charge in [0.25, 0.3) is 5.91 Å². The van der Waals surface area contributed by atoms with Crippen LogP contribution in [0.5, 0.6) is 0 Å². The van der Waals surface area contributed by atoms with Gasteiger partial charge in [0.15, 0.2) is 4.77 Å². The number of nitrogens with zero attached hydrogens (tertiary/aromatic N) is 2. The van der Waals surface area contributed by atoms with E-state index in [2.05, 4.69) is 32.7 Å². The van der Waals surface area contributed by atoms with Crippen LogP contribution in [0.1, 0.15) is 34.2 Å². The standard InChI is InChI=1S/C20H22N4OS2/c25-19(17-14-22-20(26)24(17)15-7-2-1-3-8-15)21-13-16(18-9-6-12-27-18)23-10-4-5-11-23/h1-3,6-9,12,14,16H,4-5,10-11,13H2,(H,21,25)(H,22,26). The molecule has 2 N–H and O–H groups in total. The van der Waals surface area contributed by atoms with Crippen molar-refractivity contribution >= 4 is 29.5 Å². The predicted octanol–water partition coefficient (Wildman–Crippen LogP) is 4.16. The minimum absolute atomic E-state index is 0.119. The number of hydrogen-bond donors (Lipinski definition) is 2. The van der Waals surface area contributed by atoms with Gasteiger partial charge in [-0.2, -0.15) is 0 Å². The van der Waals surface area contributed by atoms with E-state index in [-0.39, 0.29) is 11.9 Å². The highest BCUT2D eigenvalue weighted by molar-refractivity contribution is 7.71. The van der Waals surface area contributed by atoms with Crippen LogP contribution in [0.4, 0.5) is 0 Å². The van der Waals surface area contributed by atoms with E-state index in [0.717, 1.165) is 18.8 Å². The van der Waals surface area contributed by atoms with Crippen molar-refractivity contribution in [2.24, 2.45) is 0 Å². The van der Waals surface area contributed by atoms with Gasteiger partial charge in [0.05, 0.1) is 6.04 Å². The minimum Gasteiger partial charge on any atom is -0.349 e. The van der Waals surface area contributed by atoms with Crippen molar-refractivity contribution in [3.63, 3.8) is 0 Å². The third-order valence-electron chi connectivity index (χ3n) is 4.93. The van der Waals surface area contributed by atoms with Gasteiger partial charge < -0.3 is 10.3 Å². The molecule has 1 saturated heterocycles. The molecule has 1 atom stereocenters. The van der Waals surface area contributed by atoms with E-state index < -0.39 is 0 Å². The van der Waals surface area contributed by atoms with Gasteiger partial charge in [-0.3, -0.25) is 14.3 Å². The van der Waals surface area contributed by atoms with Crippen molar-refractivity contribution in [1.29, 1.82) is 0 Å². The molecule has 27 heavy (non-hydrogen) atoms. The first-order valence-electron chi connectivity index (χ1n) is 9.15. The fourth-order valence-electron chi connectivity index (χ4n) is 3.59. The number of nitrogens with one attached hydrogen (secondary N) is 2. The lowest BCUT2D eigenvalue weighted by Gasteiger charge is -2.27. The number of rotatable bonds is 6. The molecule has 1 aliphatic heterocycles. The molecule has 0 bridgehead atoms. The van der Waals surface area contributed by atoms with Crippen molar-refractivity contribution in [2.75, 3.05) is 19.6 Å². The van der Waals surface area contributed by atoms with E-state index >= 15 is 0 Å². The Balaban J connectivity index is 1.53. The summed E-state index contributed by atoms with van der Waals surface area (Å²) in [4.78, 5) is 19.7. The summed E-state index contributed by atoms with van der Waals surface area (Å²) < 4.78 is 2.29. The van der Waals surface area contributed by atoms with Gasteiger partial charge in [-0.15, -0.1) is 11.3 Å². The molecule has 3 aromatic rings. The number of carbonyl (C=O) groups is 1. The number of carbonyl (C=O) groups excluding carboxylic acids is 1. The Morgan fingerprint density at radius 1 is 1.19 bits per heavy atom. The molecule has 0 radical (unpaired) electrons. The lowest BCUT2D eigenvalue weighted by Crippen LogP contribution is -2.37. The van der Waals surface area contributed by atoms with Gasteiger partial charge in [0.1, 0.15) is 5.69 Å². The molecule has 4 rings (SSSR count). The average Bonchev–Trinajstić information content (AvgIpc) is 3.45. The molecule has 1 unspecified atom stereocenters. The summed E-state index contributed by atoms with van der Waals surface area (Å²) in [7, 11) is 0. The molecule has 0 aliphatic carbocycles. The van der Waals surface area contributed by atoms with E-state index in [1.54, 1.807) is 22.1 Å². The quantitative estimate of drug-likeness (QED) is 0.613. The molecule has 0 spiro atoms. The third kappa shape index (κ3) is 3.90. The van der Waals surface area contributed by atoms with E-state index in [0.29, 0.717) is 17.0 Å². The molecule has 1 aliphatic rings. The second kappa shape index (κ2) is 8.21. The minimum atomic E-state index is -0.119. The molecule has 3 heterocycles. The molecule has 140 valence electrons. The monoisotopic (exact) mass is 398 g/mol. The molecular weight excluding hydrogens is 376 g/mol. The maximum Gasteiger partial charge on any atom is 0.269 e. The Bertz CT molecular complexity index is 940. The Morgan fingerprint density at radius 2 is 1.96 bits per heavy atom. The summed E-state index contributed by atoms with van der Waals surface area (Å²) in [5.74, 6) is -0.119. The number of para-hydroxylation sites is 1. The van der Waals surface area contributed by atoms with Gasteiger partial charge >= 0.3 is 0 Å². The van der Waals surface area contributed by atoms with Crippen molar-refractivity contribution in [2.45, 2.75) is 18.9 Å². The first-order chi connectivity index (χ1) is 13.2. The maximum absolute atomic E-state index is 12.9. The smallest absolute Gasteiger partial charge is 0.269 e. The lowest BCUT2D eigenvalue weighted by atomic mass is 10.2. The molecule has 7 heteroatoms. The topological polar surface area (TPSA) is 53.1 Å².